The van der Waals surface area contributed by atoms with Crippen LogP contribution in [0.1, 0.15) is 11.3 Å². The first kappa shape index (κ1) is 14.9. The molecule has 100 valence electrons. The lowest BCUT2D eigenvalue weighted by atomic mass is 10.3. The molecule has 1 heterocycles. The molecule has 3 nitrogen and oxygen atoms in total. The Bertz CT molecular complexity index is 622. The molecule has 0 aliphatic carbocycles. The van der Waals surface area contributed by atoms with Gasteiger partial charge in [0.15, 0.2) is 5.75 Å². The molecule has 0 fully saturated rings. The first-order valence-corrected chi connectivity index (χ1v) is 7.30. The molecule has 0 unspecified atom stereocenters. The maximum atomic E-state index is 6.06. The van der Waals surface area contributed by atoms with Crippen LogP contribution in [-0.2, 0) is 5.88 Å². The highest BCUT2D eigenvalue weighted by molar-refractivity contribution is 9.10. The second kappa shape index (κ2) is 6.27. The summed E-state index contributed by atoms with van der Waals surface area (Å²) in [6, 6.07) is 3.45. The third kappa shape index (κ3) is 3.51. The number of hydrogen-bond donors (Lipinski definition) is 0. The first-order chi connectivity index (χ1) is 9.01. The molecule has 0 N–H and O–H groups in total. The number of rotatable bonds is 3. The molecule has 0 aliphatic heterocycles. The molecule has 0 radical (unpaired) electrons. The molecule has 2 aromatic rings. The van der Waals surface area contributed by atoms with Gasteiger partial charge in [-0.1, -0.05) is 23.2 Å². The third-order valence-corrected chi connectivity index (χ3v) is 4.16. The minimum atomic E-state index is 0.201. The van der Waals surface area contributed by atoms with Crippen molar-refractivity contribution in [2.45, 2.75) is 12.8 Å². The van der Waals surface area contributed by atoms with Crippen molar-refractivity contribution in [1.82, 2.24) is 9.97 Å². The van der Waals surface area contributed by atoms with Crippen LogP contribution in [0.25, 0.3) is 0 Å². The predicted octanol–water partition coefficient (Wildman–Crippen LogP) is 5.39. The zero-order valence-corrected chi connectivity index (χ0v) is 13.6. The molecule has 1 aromatic heterocycles. The Morgan fingerprint density at radius 3 is 2.63 bits per heavy atom. The quantitative estimate of drug-likeness (QED) is 0.528. The molecule has 19 heavy (non-hydrogen) atoms. The second-order valence-corrected chi connectivity index (χ2v) is 5.63. The smallest absolute Gasteiger partial charge is 0.322 e. The van der Waals surface area contributed by atoms with Crippen LogP contribution in [0.15, 0.2) is 22.8 Å². The fourth-order valence-corrected chi connectivity index (χ4v) is 2.43. The fourth-order valence-electron chi connectivity index (χ4n) is 1.33. The lowest BCUT2D eigenvalue weighted by Gasteiger charge is -2.08. The first-order valence-electron chi connectivity index (χ1n) is 5.22. The lowest BCUT2D eigenvalue weighted by molar-refractivity contribution is 0.440. The van der Waals surface area contributed by atoms with Crippen molar-refractivity contribution in [2.24, 2.45) is 0 Å². The van der Waals surface area contributed by atoms with E-state index in [1.54, 1.807) is 18.3 Å². The largest absolute Gasteiger partial charge is 0.423 e. The topological polar surface area (TPSA) is 35.0 Å². The minimum absolute atomic E-state index is 0.201. The van der Waals surface area contributed by atoms with Gasteiger partial charge in [0, 0.05) is 28.0 Å². The summed E-state index contributed by atoms with van der Waals surface area (Å²) in [6.07, 6.45) is 1.62. The van der Waals surface area contributed by atoms with E-state index >= 15 is 0 Å². The van der Waals surface area contributed by atoms with E-state index in [2.05, 4.69) is 25.9 Å². The average molecular weight is 382 g/mol. The number of benzene rings is 1. The molecular weight excluding hydrogens is 374 g/mol. The Morgan fingerprint density at radius 2 is 2.00 bits per heavy atom. The van der Waals surface area contributed by atoms with Gasteiger partial charge >= 0.3 is 6.01 Å². The molecule has 7 heteroatoms. The van der Waals surface area contributed by atoms with Gasteiger partial charge in [-0.25, -0.2) is 4.98 Å². The van der Waals surface area contributed by atoms with Gasteiger partial charge in [0.05, 0.1) is 15.9 Å². The highest BCUT2D eigenvalue weighted by Gasteiger charge is 2.10. The molecule has 0 saturated carbocycles. The van der Waals surface area contributed by atoms with Gasteiger partial charge in [0.2, 0.25) is 0 Å². The summed E-state index contributed by atoms with van der Waals surface area (Å²) >= 11 is 21.1. The van der Waals surface area contributed by atoms with E-state index in [-0.39, 0.29) is 6.01 Å². The molecule has 0 saturated heterocycles. The Kier molecular flexibility index (Phi) is 4.90. The highest BCUT2D eigenvalue weighted by Crippen LogP contribution is 2.35. The highest BCUT2D eigenvalue weighted by atomic mass is 79.9. The van der Waals surface area contributed by atoms with Crippen molar-refractivity contribution >= 4 is 50.7 Å². The number of alkyl halides is 1. The van der Waals surface area contributed by atoms with E-state index in [1.807, 2.05) is 6.92 Å². The Balaban J connectivity index is 2.31. The van der Waals surface area contributed by atoms with E-state index in [1.165, 1.54) is 0 Å². The van der Waals surface area contributed by atoms with Crippen molar-refractivity contribution in [3.05, 3.63) is 44.1 Å². The van der Waals surface area contributed by atoms with Crippen LogP contribution in [0.3, 0.4) is 0 Å². The van der Waals surface area contributed by atoms with Crippen LogP contribution < -0.4 is 4.74 Å². The number of hydrogen-bond acceptors (Lipinski definition) is 3. The maximum absolute atomic E-state index is 6.06. The number of halogens is 4. The SMILES string of the molecule is Cc1nc(Oc2cc(Cl)c(Br)cc2Cl)ncc1CCl. The van der Waals surface area contributed by atoms with Crippen LogP contribution in [-0.4, -0.2) is 9.97 Å². The standard InChI is InChI=1S/C12H8BrCl3N2O/c1-6-7(4-14)5-17-12(18-6)19-11-3-9(15)8(13)2-10(11)16/h2-3,5H,4H2,1H3. The molecule has 0 spiro atoms. The molecule has 0 atom stereocenters. The summed E-state index contributed by atoms with van der Waals surface area (Å²) in [5.41, 5.74) is 1.62. The normalized spacial score (nSPS) is 10.6. The van der Waals surface area contributed by atoms with E-state index in [0.29, 0.717) is 26.1 Å². The molecule has 2 rings (SSSR count). The van der Waals surface area contributed by atoms with Gasteiger partial charge in [0.1, 0.15) is 0 Å². The van der Waals surface area contributed by atoms with E-state index in [4.69, 9.17) is 39.5 Å². The Morgan fingerprint density at radius 1 is 1.26 bits per heavy atom. The van der Waals surface area contributed by atoms with Crippen LogP contribution in [0.4, 0.5) is 0 Å². The Hall–Kier alpha value is -0.550. The van der Waals surface area contributed by atoms with Crippen molar-refractivity contribution in [1.29, 1.82) is 0 Å². The summed E-state index contributed by atoms with van der Waals surface area (Å²) in [7, 11) is 0. The molecule has 0 aliphatic rings. The van der Waals surface area contributed by atoms with Gasteiger partial charge in [0.25, 0.3) is 0 Å². The van der Waals surface area contributed by atoms with E-state index < -0.39 is 0 Å². The number of aromatic nitrogens is 2. The summed E-state index contributed by atoms with van der Waals surface area (Å²) in [4.78, 5) is 8.27. The van der Waals surface area contributed by atoms with Crippen LogP contribution >= 0.6 is 50.7 Å². The van der Waals surface area contributed by atoms with Gasteiger partial charge in [-0.05, 0) is 28.9 Å². The van der Waals surface area contributed by atoms with E-state index in [9.17, 15) is 0 Å². The van der Waals surface area contributed by atoms with Gasteiger partial charge in [-0.15, -0.1) is 11.6 Å². The van der Waals surface area contributed by atoms with Crippen LogP contribution in [0.2, 0.25) is 10.0 Å². The zero-order chi connectivity index (χ0) is 14.0. The average Bonchev–Trinajstić information content (AvgIpc) is 2.36. The zero-order valence-electron chi connectivity index (χ0n) is 9.75. The third-order valence-electron chi connectivity index (χ3n) is 2.38. The van der Waals surface area contributed by atoms with Crippen molar-refractivity contribution in [2.75, 3.05) is 0 Å². The van der Waals surface area contributed by atoms with Crippen LogP contribution in [0.5, 0.6) is 11.8 Å². The van der Waals surface area contributed by atoms with Crippen molar-refractivity contribution in [3.63, 3.8) is 0 Å². The summed E-state index contributed by atoms with van der Waals surface area (Å²) < 4.78 is 6.22. The minimum Gasteiger partial charge on any atom is -0.423 e. The fraction of sp³-hybridized carbons (Fsp3) is 0.167. The van der Waals surface area contributed by atoms with Gasteiger partial charge < -0.3 is 4.74 Å². The molecule has 0 amide bonds. The second-order valence-electron chi connectivity index (χ2n) is 3.70. The molecule has 1 aromatic carbocycles. The van der Waals surface area contributed by atoms with Gasteiger partial charge in [-0.3, -0.25) is 0 Å². The maximum Gasteiger partial charge on any atom is 0.322 e. The number of nitrogens with zero attached hydrogens (tertiary/aromatic N) is 2. The van der Waals surface area contributed by atoms with Gasteiger partial charge in [-0.2, -0.15) is 4.98 Å². The predicted molar refractivity (Wildman–Crippen MR) is 80.6 cm³/mol. The van der Waals surface area contributed by atoms with Crippen LogP contribution in [0, 0.1) is 6.92 Å². The van der Waals surface area contributed by atoms with Crippen molar-refractivity contribution in [3.8, 4) is 11.8 Å². The summed E-state index contributed by atoms with van der Waals surface area (Å²) in [5, 5.41) is 0.910. The number of ether oxygens (including phenoxy) is 1. The monoisotopic (exact) mass is 380 g/mol. The summed E-state index contributed by atoms with van der Waals surface area (Å²) in [5.74, 6) is 0.754. The lowest BCUT2D eigenvalue weighted by Crippen LogP contribution is -1.97. The van der Waals surface area contributed by atoms with E-state index in [0.717, 1.165) is 11.3 Å². The summed E-state index contributed by atoms with van der Waals surface area (Å²) in [6.45, 7) is 1.84. The molecular formula is C12H8BrCl3N2O. The van der Waals surface area contributed by atoms with Crippen molar-refractivity contribution < 1.29 is 4.74 Å². The Labute approximate surface area is 134 Å². The molecule has 0 bridgehead atoms. The number of aryl methyl sites for hydroxylation is 1.